The number of hydrogen-bond donors (Lipinski definition) is 0. The van der Waals surface area contributed by atoms with E-state index in [0.717, 1.165) is 38.3 Å². The van der Waals surface area contributed by atoms with Crippen molar-refractivity contribution in [1.29, 1.82) is 0 Å². The van der Waals surface area contributed by atoms with E-state index in [4.69, 9.17) is 4.74 Å². The minimum Gasteiger partial charge on any atom is -0.496 e. The summed E-state index contributed by atoms with van der Waals surface area (Å²) in [5.41, 5.74) is 2.61. The van der Waals surface area contributed by atoms with Crippen molar-refractivity contribution in [3.05, 3.63) is 70.9 Å². The quantitative estimate of drug-likeness (QED) is 0.588. The first kappa shape index (κ1) is 16.7. The largest absolute Gasteiger partial charge is 0.496 e. The number of benzene rings is 1. The number of imidazole rings is 1. The molecule has 3 aromatic rings. The summed E-state index contributed by atoms with van der Waals surface area (Å²) in [6.45, 7) is 3.88. The summed E-state index contributed by atoms with van der Waals surface area (Å²) in [6.07, 6.45) is 6.82. The molecule has 1 aromatic carbocycles. The summed E-state index contributed by atoms with van der Waals surface area (Å²) < 4.78 is 7.64. The number of thiophene rings is 1. The molecule has 3 rings (SSSR count). The fourth-order valence-corrected chi connectivity index (χ4v) is 3.49. The van der Waals surface area contributed by atoms with E-state index in [0.29, 0.717) is 0 Å². The van der Waals surface area contributed by atoms with E-state index in [1.54, 1.807) is 18.4 Å². The van der Waals surface area contributed by atoms with Crippen molar-refractivity contribution >= 4 is 11.3 Å². The lowest BCUT2D eigenvalue weighted by atomic mass is 10.1. The monoisotopic (exact) mass is 341 g/mol. The minimum absolute atomic E-state index is 0.893. The number of ether oxygens (including phenoxy) is 1. The van der Waals surface area contributed by atoms with Crippen molar-refractivity contribution < 1.29 is 4.74 Å². The van der Waals surface area contributed by atoms with Gasteiger partial charge in [0.05, 0.1) is 13.4 Å². The maximum atomic E-state index is 5.51. The van der Waals surface area contributed by atoms with E-state index >= 15 is 0 Å². The molecule has 126 valence electrons. The first-order valence-corrected chi connectivity index (χ1v) is 9.10. The Kier molecular flexibility index (Phi) is 6.04. The number of rotatable bonds is 9. The molecule has 0 radical (unpaired) electrons. The highest BCUT2D eigenvalue weighted by Crippen LogP contribution is 2.21. The minimum atomic E-state index is 0.893. The van der Waals surface area contributed by atoms with Crippen molar-refractivity contribution in [1.82, 2.24) is 14.5 Å². The van der Waals surface area contributed by atoms with Crippen LogP contribution in [0, 0.1) is 0 Å². The van der Waals surface area contributed by atoms with Gasteiger partial charge in [-0.05, 0) is 34.9 Å². The molecule has 4 nitrogen and oxygen atoms in total. The van der Waals surface area contributed by atoms with E-state index < -0.39 is 0 Å². The molecule has 24 heavy (non-hydrogen) atoms. The van der Waals surface area contributed by atoms with Crippen molar-refractivity contribution in [2.24, 2.45) is 0 Å². The van der Waals surface area contributed by atoms with Crippen LogP contribution in [0.1, 0.15) is 17.5 Å². The van der Waals surface area contributed by atoms with E-state index in [1.165, 1.54) is 11.1 Å². The summed E-state index contributed by atoms with van der Waals surface area (Å²) in [5.74, 6) is 0.961. The molecule has 0 saturated carbocycles. The van der Waals surface area contributed by atoms with Crippen LogP contribution in [-0.2, 0) is 19.6 Å². The van der Waals surface area contributed by atoms with Gasteiger partial charge in [-0.2, -0.15) is 11.3 Å². The molecule has 0 saturated heterocycles. The smallest absolute Gasteiger partial charge is 0.123 e. The second-order valence-corrected chi connectivity index (χ2v) is 6.59. The molecule has 0 unspecified atom stereocenters. The Morgan fingerprint density at radius 2 is 2.12 bits per heavy atom. The lowest BCUT2D eigenvalue weighted by molar-refractivity contribution is 0.245. The SMILES string of the molecule is COc1ccccc1CN(CCCn1ccnc1)Cc1ccsc1. The standard InChI is InChI=1S/C19H23N3OS/c1-23-19-6-3-2-5-18(19)14-22(13-17-7-12-24-15-17)10-4-9-21-11-8-20-16-21/h2-3,5-8,11-12,15-16H,4,9-10,13-14H2,1H3. The summed E-state index contributed by atoms with van der Waals surface area (Å²) in [5, 5.41) is 4.37. The van der Waals surface area contributed by atoms with E-state index in [2.05, 4.69) is 43.4 Å². The Morgan fingerprint density at radius 1 is 1.21 bits per heavy atom. The third-order valence-electron chi connectivity index (χ3n) is 4.02. The zero-order valence-electron chi connectivity index (χ0n) is 14.0. The molecule has 0 aliphatic heterocycles. The summed E-state index contributed by atoms with van der Waals surface area (Å²) in [4.78, 5) is 6.59. The number of hydrogen-bond acceptors (Lipinski definition) is 4. The van der Waals surface area contributed by atoms with Crippen LogP contribution in [0.15, 0.2) is 59.8 Å². The molecule has 0 atom stereocenters. The summed E-state index contributed by atoms with van der Waals surface area (Å²) in [7, 11) is 1.74. The van der Waals surface area contributed by atoms with Crippen molar-refractivity contribution in [2.45, 2.75) is 26.1 Å². The van der Waals surface area contributed by atoms with Gasteiger partial charge in [0, 0.05) is 44.1 Å². The average molecular weight is 341 g/mol. The van der Waals surface area contributed by atoms with E-state index in [1.807, 2.05) is 30.9 Å². The Morgan fingerprint density at radius 3 is 2.88 bits per heavy atom. The zero-order chi connectivity index (χ0) is 16.6. The van der Waals surface area contributed by atoms with Crippen LogP contribution in [0.25, 0.3) is 0 Å². The van der Waals surface area contributed by atoms with Gasteiger partial charge >= 0.3 is 0 Å². The highest BCUT2D eigenvalue weighted by Gasteiger charge is 2.10. The van der Waals surface area contributed by atoms with Gasteiger partial charge in [-0.3, -0.25) is 4.90 Å². The van der Waals surface area contributed by atoms with Crippen molar-refractivity contribution in [3.8, 4) is 5.75 Å². The molecule has 0 bridgehead atoms. The first-order valence-electron chi connectivity index (χ1n) is 8.16. The predicted molar refractivity (Wildman–Crippen MR) is 98.3 cm³/mol. The van der Waals surface area contributed by atoms with Gasteiger partial charge in [0.2, 0.25) is 0 Å². The van der Waals surface area contributed by atoms with Gasteiger partial charge in [0.15, 0.2) is 0 Å². The highest BCUT2D eigenvalue weighted by molar-refractivity contribution is 7.07. The highest BCUT2D eigenvalue weighted by atomic mass is 32.1. The molecule has 0 aliphatic rings. The Hall–Kier alpha value is -2.11. The van der Waals surface area contributed by atoms with Gasteiger partial charge in [-0.1, -0.05) is 18.2 Å². The lowest BCUT2D eigenvalue weighted by Gasteiger charge is -2.23. The molecule has 5 heteroatoms. The number of aryl methyl sites for hydroxylation is 1. The third kappa shape index (κ3) is 4.69. The van der Waals surface area contributed by atoms with Crippen LogP contribution in [0.3, 0.4) is 0 Å². The summed E-state index contributed by atoms with van der Waals surface area (Å²) in [6, 6.07) is 10.5. The Bertz CT molecular complexity index is 710. The Balaban J connectivity index is 1.64. The predicted octanol–water partition coefficient (Wildman–Crippen LogP) is 4.05. The van der Waals surface area contributed by atoms with Crippen LogP contribution in [0.4, 0.5) is 0 Å². The number of methoxy groups -OCH3 is 1. The van der Waals surface area contributed by atoms with Crippen LogP contribution in [0.5, 0.6) is 5.75 Å². The number of aromatic nitrogens is 2. The maximum absolute atomic E-state index is 5.51. The van der Waals surface area contributed by atoms with Crippen molar-refractivity contribution in [2.75, 3.05) is 13.7 Å². The van der Waals surface area contributed by atoms with Crippen LogP contribution < -0.4 is 4.74 Å². The topological polar surface area (TPSA) is 30.3 Å². The second kappa shape index (κ2) is 8.66. The van der Waals surface area contributed by atoms with Gasteiger partial charge in [-0.25, -0.2) is 4.98 Å². The molecule has 0 N–H and O–H groups in total. The average Bonchev–Trinajstić information content (AvgIpc) is 3.29. The molecule has 2 aromatic heterocycles. The maximum Gasteiger partial charge on any atom is 0.123 e. The number of para-hydroxylation sites is 1. The molecule has 2 heterocycles. The Labute approximate surface area is 147 Å². The zero-order valence-corrected chi connectivity index (χ0v) is 14.8. The van der Waals surface area contributed by atoms with Crippen LogP contribution >= 0.6 is 11.3 Å². The summed E-state index contributed by atoms with van der Waals surface area (Å²) >= 11 is 1.75. The molecule has 0 amide bonds. The third-order valence-corrected chi connectivity index (χ3v) is 4.75. The molecule has 0 fully saturated rings. The van der Waals surface area contributed by atoms with Gasteiger partial charge in [0.25, 0.3) is 0 Å². The molecule has 0 aliphatic carbocycles. The lowest BCUT2D eigenvalue weighted by Crippen LogP contribution is -2.25. The van der Waals surface area contributed by atoms with Gasteiger partial charge in [-0.15, -0.1) is 0 Å². The van der Waals surface area contributed by atoms with Gasteiger partial charge in [0.1, 0.15) is 5.75 Å². The molecular formula is C19H23N3OS. The second-order valence-electron chi connectivity index (χ2n) is 5.81. The van der Waals surface area contributed by atoms with Crippen LogP contribution in [0.2, 0.25) is 0 Å². The van der Waals surface area contributed by atoms with Gasteiger partial charge < -0.3 is 9.30 Å². The van der Waals surface area contributed by atoms with E-state index in [-0.39, 0.29) is 0 Å². The molecule has 0 spiro atoms. The fraction of sp³-hybridized carbons (Fsp3) is 0.316. The van der Waals surface area contributed by atoms with E-state index in [9.17, 15) is 0 Å². The van der Waals surface area contributed by atoms with Crippen LogP contribution in [-0.4, -0.2) is 28.1 Å². The first-order chi connectivity index (χ1) is 11.8. The fourth-order valence-electron chi connectivity index (χ4n) is 2.83. The van der Waals surface area contributed by atoms with Crippen molar-refractivity contribution in [3.63, 3.8) is 0 Å². The number of nitrogens with zero attached hydrogens (tertiary/aromatic N) is 3. The molecular weight excluding hydrogens is 318 g/mol. The normalized spacial score (nSPS) is 11.1.